The normalized spacial score (nSPS) is 10.4. The Morgan fingerprint density at radius 1 is 1.36 bits per heavy atom. The summed E-state index contributed by atoms with van der Waals surface area (Å²) in [6, 6.07) is 5.92. The summed E-state index contributed by atoms with van der Waals surface area (Å²) in [6.45, 7) is 0.787. The maximum Gasteiger partial charge on any atom is 0.0821 e. The molecule has 0 amide bonds. The lowest BCUT2D eigenvalue weighted by atomic mass is 10.2. The van der Waals surface area contributed by atoms with Gasteiger partial charge in [0.1, 0.15) is 0 Å². The second-order valence-electron chi connectivity index (χ2n) is 2.87. The van der Waals surface area contributed by atoms with Crippen molar-refractivity contribution >= 4 is 11.3 Å². The summed E-state index contributed by atoms with van der Waals surface area (Å²) in [5.74, 6) is 0. The summed E-state index contributed by atoms with van der Waals surface area (Å²) in [6.07, 6.45) is 1.80. The molecule has 14 heavy (non-hydrogen) atoms. The molecule has 0 atom stereocenters. The van der Waals surface area contributed by atoms with Crippen molar-refractivity contribution < 1.29 is 0 Å². The number of pyridine rings is 1. The van der Waals surface area contributed by atoms with Crippen LogP contribution in [-0.4, -0.2) is 17.0 Å². The first-order valence-corrected chi connectivity index (χ1v) is 5.28. The summed E-state index contributed by atoms with van der Waals surface area (Å²) < 4.78 is 0. The average molecular weight is 205 g/mol. The maximum atomic E-state index is 4.31. The molecule has 0 radical (unpaired) electrons. The first kappa shape index (κ1) is 9.30. The number of nitrogens with one attached hydrogen (secondary N) is 1. The zero-order valence-electron chi connectivity index (χ0n) is 7.90. The Balaban J connectivity index is 2.37. The average Bonchev–Trinajstić information content (AvgIpc) is 2.68. The Hall–Kier alpha value is -1.26. The topological polar surface area (TPSA) is 37.8 Å². The van der Waals surface area contributed by atoms with E-state index in [-0.39, 0.29) is 0 Å². The van der Waals surface area contributed by atoms with E-state index in [0.29, 0.717) is 0 Å². The Morgan fingerprint density at radius 2 is 2.29 bits per heavy atom. The highest BCUT2D eigenvalue weighted by Gasteiger charge is 2.07. The molecule has 0 spiro atoms. The van der Waals surface area contributed by atoms with Crippen LogP contribution in [0.5, 0.6) is 0 Å². The molecule has 2 aromatic heterocycles. The fraction of sp³-hybridized carbons (Fsp3) is 0.200. The Bertz CT molecular complexity index is 397. The van der Waals surface area contributed by atoms with Crippen LogP contribution in [0.3, 0.4) is 0 Å². The van der Waals surface area contributed by atoms with Crippen molar-refractivity contribution in [3.8, 4) is 10.6 Å². The van der Waals surface area contributed by atoms with Crippen molar-refractivity contribution in [1.29, 1.82) is 0 Å². The molecular formula is C10H11N3S. The Kier molecular flexibility index (Phi) is 2.86. The first-order chi connectivity index (χ1) is 6.92. The second-order valence-corrected chi connectivity index (χ2v) is 3.73. The molecule has 0 aliphatic heterocycles. The zero-order chi connectivity index (χ0) is 9.80. The number of nitrogens with zero attached hydrogens (tertiary/aromatic N) is 2. The largest absolute Gasteiger partial charge is 0.314 e. The molecule has 72 valence electrons. The van der Waals surface area contributed by atoms with Gasteiger partial charge in [0, 0.05) is 12.7 Å². The number of hydrogen-bond acceptors (Lipinski definition) is 4. The summed E-state index contributed by atoms with van der Waals surface area (Å²) in [5, 5.41) is 3.10. The fourth-order valence-corrected chi connectivity index (χ4v) is 2.06. The third kappa shape index (κ3) is 1.81. The molecule has 1 N–H and O–H groups in total. The van der Waals surface area contributed by atoms with Crippen LogP contribution in [0.25, 0.3) is 10.6 Å². The predicted octanol–water partition coefficient (Wildman–Crippen LogP) is 1.92. The van der Waals surface area contributed by atoms with Gasteiger partial charge < -0.3 is 5.32 Å². The Labute approximate surface area is 86.8 Å². The zero-order valence-corrected chi connectivity index (χ0v) is 8.71. The highest BCUT2D eigenvalue weighted by Crippen LogP contribution is 2.25. The minimum absolute atomic E-state index is 0.787. The van der Waals surface area contributed by atoms with E-state index in [9.17, 15) is 0 Å². The van der Waals surface area contributed by atoms with Crippen molar-refractivity contribution in [3.05, 3.63) is 35.6 Å². The predicted molar refractivity (Wildman–Crippen MR) is 58.1 cm³/mol. The van der Waals surface area contributed by atoms with Crippen molar-refractivity contribution in [2.24, 2.45) is 0 Å². The van der Waals surface area contributed by atoms with Gasteiger partial charge in [-0.3, -0.25) is 4.98 Å². The SMILES string of the molecule is CNCc1ncsc1-c1ccccn1. The van der Waals surface area contributed by atoms with Gasteiger partial charge in [-0.05, 0) is 19.2 Å². The standard InChI is InChI=1S/C10H11N3S/c1-11-6-9-10(14-7-13-9)8-4-2-3-5-12-8/h2-5,7,11H,6H2,1H3. The molecule has 0 fully saturated rings. The van der Waals surface area contributed by atoms with E-state index < -0.39 is 0 Å². The summed E-state index contributed by atoms with van der Waals surface area (Å²) >= 11 is 1.63. The fourth-order valence-electron chi connectivity index (χ4n) is 1.27. The lowest BCUT2D eigenvalue weighted by molar-refractivity contribution is 0.798. The summed E-state index contributed by atoms with van der Waals surface area (Å²) in [5.41, 5.74) is 3.92. The van der Waals surface area contributed by atoms with Crippen LogP contribution < -0.4 is 5.32 Å². The van der Waals surface area contributed by atoms with Crippen molar-refractivity contribution in [3.63, 3.8) is 0 Å². The molecular weight excluding hydrogens is 194 g/mol. The monoisotopic (exact) mass is 205 g/mol. The van der Waals surface area contributed by atoms with E-state index in [0.717, 1.165) is 22.8 Å². The number of aromatic nitrogens is 2. The van der Waals surface area contributed by atoms with Crippen LogP contribution in [0.2, 0.25) is 0 Å². The van der Waals surface area contributed by atoms with Crippen LogP contribution in [0.4, 0.5) is 0 Å². The molecule has 0 saturated heterocycles. The van der Waals surface area contributed by atoms with Gasteiger partial charge in [-0.25, -0.2) is 4.98 Å². The van der Waals surface area contributed by atoms with E-state index in [4.69, 9.17) is 0 Å². The summed E-state index contributed by atoms with van der Waals surface area (Å²) in [4.78, 5) is 9.76. The van der Waals surface area contributed by atoms with Gasteiger partial charge >= 0.3 is 0 Å². The third-order valence-electron chi connectivity index (χ3n) is 1.88. The van der Waals surface area contributed by atoms with E-state index >= 15 is 0 Å². The van der Waals surface area contributed by atoms with E-state index in [1.165, 1.54) is 0 Å². The van der Waals surface area contributed by atoms with Gasteiger partial charge in [-0.2, -0.15) is 0 Å². The lowest BCUT2D eigenvalue weighted by Gasteiger charge is -1.99. The highest BCUT2D eigenvalue weighted by atomic mass is 32.1. The Morgan fingerprint density at radius 3 is 3.00 bits per heavy atom. The van der Waals surface area contributed by atoms with Crippen LogP contribution in [0.1, 0.15) is 5.69 Å². The molecule has 2 aromatic rings. The second kappa shape index (κ2) is 4.30. The van der Waals surface area contributed by atoms with Crippen LogP contribution >= 0.6 is 11.3 Å². The van der Waals surface area contributed by atoms with E-state index in [1.54, 1.807) is 17.5 Å². The molecule has 3 nitrogen and oxygen atoms in total. The summed E-state index contributed by atoms with van der Waals surface area (Å²) in [7, 11) is 1.92. The molecule has 2 rings (SSSR count). The molecule has 0 unspecified atom stereocenters. The van der Waals surface area contributed by atoms with E-state index in [2.05, 4.69) is 15.3 Å². The minimum Gasteiger partial charge on any atom is -0.314 e. The van der Waals surface area contributed by atoms with Gasteiger partial charge in [0.25, 0.3) is 0 Å². The van der Waals surface area contributed by atoms with Gasteiger partial charge in [0.05, 0.1) is 21.8 Å². The van der Waals surface area contributed by atoms with Gasteiger partial charge in [-0.1, -0.05) is 6.07 Å². The van der Waals surface area contributed by atoms with Gasteiger partial charge in [-0.15, -0.1) is 11.3 Å². The number of hydrogen-bond donors (Lipinski definition) is 1. The molecule has 4 heteroatoms. The minimum atomic E-state index is 0.787. The van der Waals surface area contributed by atoms with E-state index in [1.807, 2.05) is 30.8 Å². The third-order valence-corrected chi connectivity index (χ3v) is 2.77. The highest BCUT2D eigenvalue weighted by molar-refractivity contribution is 7.13. The molecule has 2 heterocycles. The lowest BCUT2D eigenvalue weighted by Crippen LogP contribution is -2.06. The number of thiazole rings is 1. The van der Waals surface area contributed by atoms with Crippen LogP contribution in [-0.2, 0) is 6.54 Å². The quantitative estimate of drug-likeness (QED) is 0.832. The number of rotatable bonds is 3. The van der Waals surface area contributed by atoms with Gasteiger partial charge in [0.2, 0.25) is 0 Å². The van der Waals surface area contributed by atoms with Crippen molar-refractivity contribution in [1.82, 2.24) is 15.3 Å². The molecule has 0 aromatic carbocycles. The first-order valence-electron chi connectivity index (χ1n) is 4.40. The van der Waals surface area contributed by atoms with Crippen molar-refractivity contribution in [2.75, 3.05) is 7.05 Å². The molecule has 0 aliphatic rings. The smallest absolute Gasteiger partial charge is 0.0821 e. The maximum absolute atomic E-state index is 4.31. The van der Waals surface area contributed by atoms with Crippen molar-refractivity contribution in [2.45, 2.75) is 6.54 Å². The molecule has 0 bridgehead atoms. The molecule has 0 saturated carbocycles. The van der Waals surface area contributed by atoms with Gasteiger partial charge in [0.15, 0.2) is 0 Å². The molecule has 0 aliphatic carbocycles. The van der Waals surface area contributed by atoms with Crippen LogP contribution in [0.15, 0.2) is 29.9 Å². The van der Waals surface area contributed by atoms with Crippen LogP contribution in [0, 0.1) is 0 Å².